The molecule has 0 amide bonds. The van der Waals surface area contributed by atoms with E-state index >= 15 is 0 Å². The second kappa shape index (κ2) is 10.5. The predicted octanol–water partition coefficient (Wildman–Crippen LogP) is 11.6. The molecule has 1 aliphatic carbocycles. The van der Waals surface area contributed by atoms with Crippen LogP contribution in [0.25, 0.3) is 94.1 Å². The Kier molecular flexibility index (Phi) is 5.75. The van der Waals surface area contributed by atoms with Crippen LogP contribution in [-0.4, -0.2) is 19.1 Å². The number of nitrogens with zero attached hydrogens (tertiary/aromatic N) is 4. The third kappa shape index (κ3) is 3.93. The van der Waals surface area contributed by atoms with Crippen molar-refractivity contribution in [1.29, 1.82) is 0 Å². The van der Waals surface area contributed by atoms with Crippen LogP contribution in [-0.2, 0) is 6.42 Å². The highest BCUT2D eigenvalue weighted by Crippen LogP contribution is 2.43. The lowest BCUT2D eigenvalue weighted by Gasteiger charge is -2.17. The van der Waals surface area contributed by atoms with E-state index in [1.54, 1.807) is 0 Å². The van der Waals surface area contributed by atoms with Gasteiger partial charge in [-0.25, -0.2) is 9.97 Å². The predicted molar refractivity (Wildman–Crippen MR) is 209 cm³/mol. The van der Waals surface area contributed by atoms with Gasteiger partial charge < -0.3 is 4.57 Å². The molecule has 0 N–H and O–H groups in total. The molecule has 0 bridgehead atoms. The smallest absolute Gasteiger partial charge is 0.164 e. The van der Waals surface area contributed by atoms with Crippen molar-refractivity contribution in [3.63, 3.8) is 0 Å². The van der Waals surface area contributed by atoms with Gasteiger partial charge in [-0.15, -0.1) is 0 Å². The number of para-hydroxylation sites is 2. The topological polar surface area (TPSA) is 35.6 Å². The summed E-state index contributed by atoms with van der Waals surface area (Å²) < 4.78 is 4.89. The van der Waals surface area contributed by atoms with Crippen LogP contribution in [0.4, 0.5) is 0 Å². The van der Waals surface area contributed by atoms with Crippen LogP contribution in [0.2, 0.25) is 0 Å². The first-order valence-corrected chi connectivity index (χ1v) is 17.3. The fourth-order valence-corrected chi connectivity index (χ4v) is 8.25. The summed E-state index contributed by atoms with van der Waals surface area (Å²) in [6.45, 7) is 0. The Morgan fingerprint density at radius 1 is 0.500 bits per heavy atom. The molecule has 0 radical (unpaired) electrons. The van der Waals surface area contributed by atoms with Crippen molar-refractivity contribution >= 4 is 71.4 Å². The number of allylic oxidation sites excluding steroid dienone is 1. The van der Waals surface area contributed by atoms with E-state index in [0.29, 0.717) is 0 Å². The highest BCUT2D eigenvalue weighted by atomic mass is 15.1. The molecule has 0 saturated heterocycles. The van der Waals surface area contributed by atoms with Crippen LogP contribution in [0.1, 0.15) is 17.7 Å². The largest absolute Gasteiger partial charge is 0.309 e. The van der Waals surface area contributed by atoms with Gasteiger partial charge in [0.15, 0.2) is 5.82 Å². The molecular weight excluding hydrogens is 609 g/mol. The quantitative estimate of drug-likeness (QED) is 0.193. The van der Waals surface area contributed by atoms with Crippen molar-refractivity contribution < 1.29 is 0 Å². The van der Waals surface area contributed by atoms with E-state index in [4.69, 9.17) is 9.97 Å². The first-order valence-electron chi connectivity index (χ1n) is 17.3. The van der Waals surface area contributed by atoms with Crippen LogP contribution in [0, 0.1) is 0 Å². The summed E-state index contributed by atoms with van der Waals surface area (Å²) in [4.78, 5) is 10.7. The molecule has 3 heterocycles. The van der Waals surface area contributed by atoms with Crippen LogP contribution in [0.15, 0.2) is 152 Å². The fraction of sp³-hybridized carbons (Fsp3) is 0.0435. The van der Waals surface area contributed by atoms with Crippen molar-refractivity contribution in [2.45, 2.75) is 12.8 Å². The summed E-state index contributed by atoms with van der Waals surface area (Å²) in [5.74, 6) is 0.870. The first kappa shape index (κ1) is 27.4. The van der Waals surface area contributed by atoms with Crippen LogP contribution < -0.4 is 0 Å². The molecule has 7 aromatic carbocycles. The molecule has 11 rings (SSSR count). The average Bonchev–Trinajstić information content (AvgIpc) is 3.69. The Bertz CT molecular complexity index is 3030. The number of rotatable bonds is 3. The Morgan fingerprint density at radius 2 is 1.22 bits per heavy atom. The molecule has 4 nitrogen and oxygen atoms in total. The van der Waals surface area contributed by atoms with E-state index in [1.165, 1.54) is 60.0 Å². The van der Waals surface area contributed by atoms with Gasteiger partial charge >= 0.3 is 0 Å². The molecule has 0 spiro atoms. The molecular formula is C46H30N4. The third-order valence-corrected chi connectivity index (χ3v) is 10.5. The van der Waals surface area contributed by atoms with E-state index < -0.39 is 0 Å². The minimum atomic E-state index is 0.870. The van der Waals surface area contributed by atoms with Gasteiger partial charge in [0.2, 0.25) is 0 Å². The van der Waals surface area contributed by atoms with Crippen molar-refractivity contribution in [3.8, 4) is 22.8 Å². The lowest BCUT2D eigenvalue weighted by molar-refractivity contribution is 0.872. The second-order valence-electron chi connectivity index (χ2n) is 13.3. The average molecular weight is 639 g/mol. The Labute approximate surface area is 288 Å². The van der Waals surface area contributed by atoms with Gasteiger partial charge in [-0.3, -0.25) is 4.57 Å². The fourth-order valence-electron chi connectivity index (χ4n) is 8.25. The lowest BCUT2D eigenvalue weighted by atomic mass is 10.0. The van der Waals surface area contributed by atoms with E-state index in [9.17, 15) is 0 Å². The number of benzene rings is 7. The van der Waals surface area contributed by atoms with Crippen LogP contribution in [0.3, 0.4) is 0 Å². The minimum Gasteiger partial charge on any atom is -0.309 e. The number of aromatic nitrogens is 4. The third-order valence-electron chi connectivity index (χ3n) is 10.5. The second-order valence-corrected chi connectivity index (χ2v) is 13.3. The standard InChI is InChI=1S/C46H30N4/c1-2-14-31(15-3-1)44-46(48-40-20-10-9-19-39(40)47-44)50-41-21-11-8-18-35(41)37-27-38-36-25-23-30-13-6-7-17-34(30)45(36)49(42(38)28-43(37)50)33-24-22-29-12-4-5-16-32(29)26-33/h1-10,12-20,22-28H,11,21H2. The van der Waals surface area contributed by atoms with E-state index in [-0.39, 0.29) is 0 Å². The summed E-state index contributed by atoms with van der Waals surface area (Å²) in [5.41, 5.74) is 11.0. The summed E-state index contributed by atoms with van der Waals surface area (Å²) in [5, 5.41) is 8.69. The van der Waals surface area contributed by atoms with Crippen molar-refractivity contribution in [2.24, 2.45) is 0 Å². The Morgan fingerprint density at radius 3 is 2.10 bits per heavy atom. The van der Waals surface area contributed by atoms with Gasteiger partial charge in [0.1, 0.15) is 5.69 Å². The molecule has 0 fully saturated rings. The maximum Gasteiger partial charge on any atom is 0.164 e. The normalized spacial score (nSPS) is 13.0. The van der Waals surface area contributed by atoms with E-state index in [1.807, 2.05) is 12.1 Å². The molecule has 0 atom stereocenters. The van der Waals surface area contributed by atoms with Crippen molar-refractivity contribution in [1.82, 2.24) is 19.1 Å². The highest BCUT2D eigenvalue weighted by molar-refractivity contribution is 6.21. The van der Waals surface area contributed by atoms with Gasteiger partial charge in [0, 0.05) is 44.1 Å². The number of hydrogen-bond acceptors (Lipinski definition) is 2. The maximum atomic E-state index is 5.40. The van der Waals surface area contributed by atoms with Crippen LogP contribution >= 0.6 is 0 Å². The molecule has 0 aliphatic heterocycles. The number of fused-ring (bicyclic) bond motifs is 10. The summed E-state index contributed by atoms with van der Waals surface area (Å²) >= 11 is 0. The van der Waals surface area contributed by atoms with Crippen LogP contribution in [0.5, 0.6) is 0 Å². The highest BCUT2D eigenvalue weighted by Gasteiger charge is 2.25. The summed E-state index contributed by atoms with van der Waals surface area (Å²) in [6, 6.07) is 52.3. The van der Waals surface area contributed by atoms with Crippen molar-refractivity contribution in [2.75, 3.05) is 0 Å². The molecule has 0 saturated carbocycles. The van der Waals surface area contributed by atoms with Gasteiger partial charge in [-0.2, -0.15) is 0 Å². The zero-order valence-corrected chi connectivity index (χ0v) is 27.2. The monoisotopic (exact) mass is 638 g/mol. The van der Waals surface area contributed by atoms with E-state index in [0.717, 1.165) is 52.2 Å². The Hall–Kier alpha value is -6.52. The molecule has 234 valence electrons. The van der Waals surface area contributed by atoms with Gasteiger partial charge in [-0.05, 0) is 65.4 Å². The Balaban J connectivity index is 1.31. The maximum absolute atomic E-state index is 5.40. The molecule has 50 heavy (non-hydrogen) atoms. The van der Waals surface area contributed by atoms with Gasteiger partial charge in [0.05, 0.1) is 27.6 Å². The molecule has 3 aromatic heterocycles. The van der Waals surface area contributed by atoms with E-state index in [2.05, 4.69) is 155 Å². The first-order chi connectivity index (χ1) is 24.8. The lowest BCUT2D eigenvalue weighted by Crippen LogP contribution is -2.08. The summed E-state index contributed by atoms with van der Waals surface area (Å²) in [6.07, 6.45) is 6.55. The molecule has 10 aromatic rings. The minimum absolute atomic E-state index is 0.870. The number of hydrogen-bond donors (Lipinski definition) is 0. The SMILES string of the molecule is C1=Cc2c(n(-c3nc4ccccc4nc3-c3ccccc3)c3cc4c(cc23)c2ccc3ccccc3c2n4-c2ccc3ccccc3c2)CC1. The van der Waals surface area contributed by atoms with Gasteiger partial charge in [0.25, 0.3) is 0 Å². The zero-order chi connectivity index (χ0) is 32.8. The molecule has 4 heteroatoms. The van der Waals surface area contributed by atoms with Gasteiger partial charge in [-0.1, -0.05) is 121 Å². The molecule has 1 aliphatic rings. The van der Waals surface area contributed by atoms with Crippen molar-refractivity contribution in [3.05, 3.63) is 163 Å². The molecule has 0 unspecified atom stereocenters. The zero-order valence-electron chi connectivity index (χ0n) is 27.2. The summed E-state index contributed by atoms with van der Waals surface area (Å²) in [7, 11) is 0.